The van der Waals surface area contributed by atoms with Gasteiger partial charge in [-0.15, -0.1) is 0 Å². The van der Waals surface area contributed by atoms with Crippen molar-refractivity contribution in [1.82, 2.24) is 5.32 Å². The van der Waals surface area contributed by atoms with E-state index in [0.717, 1.165) is 19.4 Å². The molecule has 1 aromatic rings. The van der Waals surface area contributed by atoms with Crippen LogP contribution < -0.4 is 11.1 Å². The van der Waals surface area contributed by atoms with Crippen molar-refractivity contribution >= 4 is 11.6 Å². The summed E-state index contributed by atoms with van der Waals surface area (Å²) in [6.07, 6.45) is 2.14. The molecule has 1 amide bonds. The average molecular weight is 236 g/mol. The van der Waals surface area contributed by atoms with Crippen LogP contribution in [0.4, 0.5) is 5.69 Å². The smallest absolute Gasteiger partial charge is 0.251 e. The summed E-state index contributed by atoms with van der Waals surface area (Å²) in [4.78, 5) is 11.7. The zero-order valence-corrected chi connectivity index (χ0v) is 9.48. The predicted octanol–water partition coefficient (Wildman–Crippen LogP) is 0.883. The first-order valence-corrected chi connectivity index (χ1v) is 5.65. The maximum atomic E-state index is 11.7. The number of nitrogens with one attached hydrogen (secondary N) is 1. The molecule has 0 aliphatic carbocycles. The highest BCUT2D eigenvalue weighted by atomic mass is 16.5. The van der Waals surface area contributed by atoms with E-state index in [0.29, 0.717) is 12.1 Å². The quantitative estimate of drug-likeness (QED) is 0.537. The first kappa shape index (κ1) is 11.7. The predicted molar refractivity (Wildman–Crippen MR) is 63.8 cm³/mol. The van der Waals surface area contributed by atoms with Gasteiger partial charge in [0.25, 0.3) is 5.91 Å². The van der Waals surface area contributed by atoms with Crippen LogP contribution in [0.3, 0.4) is 0 Å². The summed E-state index contributed by atoms with van der Waals surface area (Å²) < 4.78 is 5.40. The fraction of sp³-hybridized carbons (Fsp3) is 0.417. The Bertz CT molecular complexity index is 414. The molecule has 4 N–H and O–H groups in total. The van der Waals surface area contributed by atoms with E-state index in [-0.39, 0.29) is 23.4 Å². The van der Waals surface area contributed by atoms with Gasteiger partial charge in [0.1, 0.15) is 5.75 Å². The SMILES string of the molecule is Nc1ccc(C(=O)NCC2CCCO2)cc1O. The van der Waals surface area contributed by atoms with Crippen molar-refractivity contribution in [3.05, 3.63) is 23.8 Å². The van der Waals surface area contributed by atoms with E-state index in [2.05, 4.69) is 5.32 Å². The zero-order valence-electron chi connectivity index (χ0n) is 9.48. The van der Waals surface area contributed by atoms with Crippen molar-refractivity contribution in [2.24, 2.45) is 0 Å². The molecule has 1 fully saturated rings. The van der Waals surface area contributed by atoms with Crippen LogP contribution in [0.1, 0.15) is 23.2 Å². The summed E-state index contributed by atoms with van der Waals surface area (Å²) in [5, 5.41) is 12.2. The van der Waals surface area contributed by atoms with E-state index in [9.17, 15) is 9.90 Å². The van der Waals surface area contributed by atoms with E-state index in [4.69, 9.17) is 10.5 Å². The maximum absolute atomic E-state index is 11.7. The lowest BCUT2D eigenvalue weighted by molar-refractivity contribution is 0.0857. The first-order valence-electron chi connectivity index (χ1n) is 5.65. The third-order valence-corrected chi connectivity index (χ3v) is 2.81. The second-order valence-electron chi connectivity index (χ2n) is 4.12. The highest BCUT2D eigenvalue weighted by Gasteiger charge is 2.16. The van der Waals surface area contributed by atoms with E-state index in [1.54, 1.807) is 6.07 Å². The molecule has 0 aromatic heterocycles. The van der Waals surface area contributed by atoms with Crippen molar-refractivity contribution in [3.63, 3.8) is 0 Å². The van der Waals surface area contributed by atoms with Gasteiger partial charge in [0, 0.05) is 18.7 Å². The summed E-state index contributed by atoms with van der Waals surface area (Å²) in [5.74, 6) is -0.300. The minimum absolute atomic E-state index is 0.0743. The summed E-state index contributed by atoms with van der Waals surface area (Å²) in [7, 11) is 0. The summed E-state index contributed by atoms with van der Waals surface area (Å²) in [6, 6.07) is 4.45. The third kappa shape index (κ3) is 2.88. The molecule has 0 radical (unpaired) electrons. The number of aromatic hydroxyl groups is 1. The first-order chi connectivity index (χ1) is 8.16. The Balaban J connectivity index is 1.92. The van der Waals surface area contributed by atoms with Crippen molar-refractivity contribution in [3.8, 4) is 5.75 Å². The monoisotopic (exact) mass is 236 g/mol. The fourth-order valence-corrected chi connectivity index (χ4v) is 1.80. The molecule has 2 rings (SSSR count). The number of carbonyl (C=O) groups is 1. The lowest BCUT2D eigenvalue weighted by Gasteiger charge is -2.11. The van der Waals surface area contributed by atoms with Crippen LogP contribution >= 0.6 is 0 Å². The Kier molecular flexibility index (Phi) is 3.49. The average Bonchev–Trinajstić information content (AvgIpc) is 2.82. The molecule has 0 spiro atoms. The van der Waals surface area contributed by atoms with E-state index >= 15 is 0 Å². The van der Waals surface area contributed by atoms with Gasteiger partial charge in [-0.3, -0.25) is 4.79 Å². The Morgan fingerprint density at radius 2 is 2.41 bits per heavy atom. The fourth-order valence-electron chi connectivity index (χ4n) is 1.80. The molecule has 5 heteroatoms. The number of ether oxygens (including phenoxy) is 1. The second kappa shape index (κ2) is 5.05. The molecule has 1 heterocycles. The van der Waals surface area contributed by atoms with Crippen LogP contribution in [-0.4, -0.2) is 30.3 Å². The van der Waals surface area contributed by atoms with Gasteiger partial charge >= 0.3 is 0 Å². The number of nitrogens with two attached hydrogens (primary N) is 1. The topological polar surface area (TPSA) is 84.6 Å². The van der Waals surface area contributed by atoms with E-state index < -0.39 is 0 Å². The number of hydrogen-bond donors (Lipinski definition) is 3. The largest absolute Gasteiger partial charge is 0.506 e. The van der Waals surface area contributed by atoms with Crippen LogP contribution in [0.2, 0.25) is 0 Å². The second-order valence-corrected chi connectivity index (χ2v) is 4.12. The lowest BCUT2D eigenvalue weighted by Crippen LogP contribution is -2.31. The van der Waals surface area contributed by atoms with E-state index in [1.807, 2.05) is 0 Å². The number of anilines is 1. The van der Waals surface area contributed by atoms with Crippen molar-refractivity contribution in [2.45, 2.75) is 18.9 Å². The molecule has 5 nitrogen and oxygen atoms in total. The lowest BCUT2D eigenvalue weighted by atomic mass is 10.1. The highest BCUT2D eigenvalue weighted by Crippen LogP contribution is 2.20. The number of benzene rings is 1. The molecule has 1 unspecified atom stereocenters. The van der Waals surface area contributed by atoms with Gasteiger partial charge in [-0.1, -0.05) is 0 Å². The van der Waals surface area contributed by atoms with Crippen LogP contribution in [0.25, 0.3) is 0 Å². The van der Waals surface area contributed by atoms with E-state index in [1.165, 1.54) is 12.1 Å². The molecule has 1 saturated heterocycles. The third-order valence-electron chi connectivity index (χ3n) is 2.81. The van der Waals surface area contributed by atoms with Crippen molar-refractivity contribution < 1.29 is 14.6 Å². The number of nitrogen functional groups attached to an aromatic ring is 1. The molecule has 0 saturated carbocycles. The van der Waals surface area contributed by atoms with Crippen molar-refractivity contribution in [1.29, 1.82) is 0 Å². The normalized spacial score (nSPS) is 19.2. The van der Waals surface area contributed by atoms with Gasteiger partial charge in [-0.05, 0) is 31.0 Å². The number of rotatable bonds is 3. The number of carbonyl (C=O) groups excluding carboxylic acids is 1. The standard InChI is InChI=1S/C12H16N2O3/c13-10-4-3-8(6-11(10)15)12(16)14-7-9-2-1-5-17-9/h3-4,6,9,15H,1-2,5,7,13H2,(H,14,16). The molecule has 1 aliphatic rings. The van der Waals surface area contributed by atoms with Gasteiger partial charge in [0.15, 0.2) is 0 Å². The molecule has 1 aromatic carbocycles. The molecular weight excluding hydrogens is 220 g/mol. The van der Waals surface area contributed by atoms with Gasteiger partial charge in [-0.2, -0.15) is 0 Å². The Morgan fingerprint density at radius 1 is 1.59 bits per heavy atom. The molecule has 1 aliphatic heterocycles. The van der Waals surface area contributed by atoms with Crippen LogP contribution in [-0.2, 0) is 4.74 Å². The number of phenols is 1. The van der Waals surface area contributed by atoms with Gasteiger partial charge in [-0.25, -0.2) is 0 Å². The summed E-state index contributed by atoms with van der Waals surface area (Å²) in [5.41, 5.74) is 6.12. The number of phenolic OH excluding ortho intramolecular Hbond substituents is 1. The highest BCUT2D eigenvalue weighted by molar-refractivity contribution is 5.95. The number of hydrogen-bond acceptors (Lipinski definition) is 4. The molecule has 1 atom stereocenters. The Hall–Kier alpha value is -1.75. The van der Waals surface area contributed by atoms with Crippen LogP contribution in [0, 0.1) is 0 Å². The van der Waals surface area contributed by atoms with Gasteiger partial charge in [0.05, 0.1) is 11.8 Å². The van der Waals surface area contributed by atoms with Crippen LogP contribution in [0.5, 0.6) is 5.75 Å². The number of amides is 1. The maximum Gasteiger partial charge on any atom is 0.251 e. The minimum atomic E-state index is -0.226. The Labute approximate surface area is 99.6 Å². The Morgan fingerprint density at radius 3 is 3.06 bits per heavy atom. The van der Waals surface area contributed by atoms with Gasteiger partial charge < -0.3 is 20.9 Å². The summed E-state index contributed by atoms with van der Waals surface area (Å²) >= 11 is 0. The molecule has 92 valence electrons. The van der Waals surface area contributed by atoms with Crippen LogP contribution in [0.15, 0.2) is 18.2 Å². The molecular formula is C12H16N2O3. The summed E-state index contributed by atoms with van der Waals surface area (Å²) in [6.45, 7) is 1.27. The van der Waals surface area contributed by atoms with Crippen molar-refractivity contribution in [2.75, 3.05) is 18.9 Å². The minimum Gasteiger partial charge on any atom is -0.506 e. The zero-order chi connectivity index (χ0) is 12.3. The van der Waals surface area contributed by atoms with Gasteiger partial charge in [0.2, 0.25) is 0 Å². The molecule has 17 heavy (non-hydrogen) atoms. The molecule has 0 bridgehead atoms.